The van der Waals surface area contributed by atoms with Crippen LogP contribution in [0.5, 0.6) is 0 Å². The Balaban J connectivity index is 2.10. The fourth-order valence-corrected chi connectivity index (χ4v) is 2.52. The van der Waals surface area contributed by atoms with Crippen molar-refractivity contribution in [3.63, 3.8) is 0 Å². The number of rotatable bonds is 4. The van der Waals surface area contributed by atoms with E-state index in [0.717, 1.165) is 19.5 Å². The summed E-state index contributed by atoms with van der Waals surface area (Å²) in [4.78, 5) is 15.9. The van der Waals surface area contributed by atoms with Crippen LogP contribution in [-0.2, 0) is 0 Å². The van der Waals surface area contributed by atoms with E-state index in [9.17, 15) is 4.79 Å². The molecule has 1 aliphatic heterocycles. The number of amides is 2. The molecule has 2 unspecified atom stereocenters. The Bertz CT molecular complexity index is 458. The summed E-state index contributed by atoms with van der Waals surface area (Å²) in [5.41, 5.74) is 8.20. The average molecular weight is 261 g/mol. The van der Waals surface area contributed by atoms with Crippen LogP contribution in [-0.4, -0.2) is 42.0 Å². The lowest BCUT2D eigenvalue weighted by molar-refractivity contribution is 0.194. The number of hydrogen-bond acceptors (Lipinski definition) is 2. The summed E-state index contributed by atoms with van der Waals surface area (Å²) in [5.74, 6) is 0. The average Bonchev–Trinajstić information content (AvgIpc) is 2.64. The number of carbonyl (C=O) groups excluding carboxylic acids is 1. The van der Waals surface area contributed by atoms with Crippen LogP contribution in [0.2, 0.25) is 0 Å². The Kier molecular flexibility index (Phi) is 4.10. The first-order valence-electron chi connectivity index (χ1n) is 6.83. The molecular formula is C15H23N3O. The quantitative estimate of drug-likeness (QED) is 0.902. The summed E-state index contributed by atoms with van der Waals surface area (Å²) >= 11 is 0. The lowest BCUT2D eigenvalue weighted by Crippen LogP contribution is -2.32. The van der Waals surface area contributed by atoms with Gasteiger partial charge in [-0.3, -0.25) is 0 Å². The third-order valence-electron chi connectivity index (χ3n) is 3.71. The molecule has 0 aliphatic carbocycles. The van der Waals surface area contributed by atoms with Crippen LogP contribution in [0.1, 0.15) is 30.5 Å². The molecule has 4 nitrogen and oxygen atoms in total. The number of nitrogens with zero attached hydrogens (tertiary/aromatic N) is 2. The Morgan fingerprint density at radius 1 is 1.47 bits per heavy atom. The van der Waals surface area contributed by atoms with E-state index in [1.165, 1.54) is 11.1 Å². The highest BCUT2D eigenvalue weighted by atomic mass is 16.2. The van der Waals surface area contributed by atoms with Gasteiger partial charge in [-0.25, -0.2) is 4.79 Å². The fraction of sp³-hybridized carbons (Fsp3) is 0.533. The van der Waals surface area contributed by atoms with E-state index in [1.54, 1.807) is 0 Å². The molecule has 2 rings (SSSR count). The predicted molar refractivity (Wildman–Crippen MR) is 76.9 cm³/mol. The Labute approximate surface area is 115 Å². The van der Waals surface area contributed by atoms with Crippen LogP contribution in [0.4, 0.5) is 4.79 Å². The summed E-state index contributed by atoms with van der Waals surface area (Å²) in [6.07, 6.45) is 0.847. The van der Waals surface area contributed by atoms with Crippen LogP contribution in [0.25, 0.3) is 0 Å². The Hall–Kier alpha value is -1.55. The first kappa shape index (κ1) is 13.9. The van der Waals surface area contributed by atoms with Gasteiger partial charge >= 0.3 is 6.03 Å². The van der Waals surface area contributed by atoms with Crippen molar-refractivity contribution in [3.8, 4) is 0 Å². The second-order valence-electron chi connectivity index (χ2n) is 5.54. The van der Waals surface area contributed by atoms with E-state index in [2.05, 4.69) is 25.1 Å². The molecule has 1 heterocycles. The van der Waals surface area contributed by atoms with E-state index in [0.29, 0.717) is 0 Å². The zero-order valence-electron chi connectivity index (χ0n) is 12.0. The highest BCUT2D eigenvalue weighted by molar-refractivity contribution is 5.77. The van der Waals surface area contributed by atoms with Crippen LogP contribution in [0.3, 0.4) is 0 Å². The molecule has 2 N–H and O–H groups in total. The van der Waals surface area contributed by atoms with Crippen molar-refractivity contribution < 1.29 is 4.79 Å². The summed E-state index contributed by atoms with van der Waals surface area (Å²) < 4.78 is 0. The topological polar surface area (TPSA) is 49.6 Å². The number of aryl methyl sites for hydroxylation is 1. The molecular weight excluding hydrogens is 238 g/mol. The van der Waals surface area contributed by atoms with Gasteiger partial charge in [-0.1, -0.05) is 29.8 Å². The third kappa shape index (κ3) is 3.07. The molecule has 1 aromatic carbocycles. The predicted octanol–water partition coefficient (Wildman–Crippen LogP) is 2.14. The molecule has 0 aromatic heterocycles. The van der Waals surface area contributed by atoms with Gasteiger partial charge in [-0.2, -0.15) is 0 Å². The van der Waals surface area contributed by atoms with E-state index >= 15 is 0 Å². The van der Waals surface area contributed by atoms with Gasteiger partial charge in [0.2, 0.25) is 0 Å². The first-order valence-corrected chi connectivity index (χ1v) is 6.83. The van der Waals surface area contributed by atoms with Crippen LogP contribution < -0.4 is 5.73 Å². The highest BCUT2D eigenvalue weighted by Gasteiger charge is 2.35. The molecule has 0 bridgehead atoms. The largest absolute Gasteiger partial charge is 0.328 e. The fourth-order valence-electron chi connectivity index (χ4n) is 2.52. The minimum atomic E-state index is 0.104. The molecule has 0 spiro atoms. The van der Waals surface area contributed by atoms with Gasteiger partial charge in [0.15, 0.2) is 0 Å². The van der Waals surface area contributed by atoms with E-state index < -0.39 is 0 Å². The minimum absolute atomic E-state index is 0.104. The SMILES string of the molecule is Cc1cccc(C2CN(CCC(C)N)C(=O)N2C)c1. The van der Waals surface area contributed by atoms with Crippen LogP contribution in [0, 0.1) is 6.92 Å². The number of likely N-dealkylation sites (N-methyl/N-ethyl adjacent to an activating group) is 1. The summed E-state index contributed by atoms with van der Waals surface area (Å²) in [7, 11) is 1.88. The first-order chi connectivity index (χ1) is 8.99. The van der Waals surface area contributed by atoms with Crippen LogP contribution in [0.15, 0.2) is 24.3 Å². The molecule has 0 saturated carbocycles. The van der Waals surface area contributed by atoms with Crippen molar-refractivity contribution in [2.75, 3.05) is 20.1 Å². The second kappa shape index (κ2) is 5.61. The molecule has 1 aliphatic rings. The number of hydrogen-bond donors (Lipinski definition) is 1. The molecule has 4 heteroatoms. The monoisotopic (exact) mass is 261 g/mol. The smallest absolute Gasteiger partial charge is 0.320 e. The standard InChI is InChI=1S/C15H23N3O/c1-11-5-4-6-13(9-11)14-10-18(8-7-12(2)16)15(19)17(14)3/h4-6,9,12,14H,7-8,10,16H2,1-3H3. The van der Waals surface area contributed by atoms with Gasteiger partial charge in [0.1, 0.15) is 0 Å². The van der Waals surface area contributed by atoms with Gasteiger partial charge in [-0.15, -0.1) is 0 Å². The number of carbonyl (C=O) groups is 1. The number of nitrogens with two attached hydrogens (primary N) is 1. The molecule has 0 radical (unpaired) electrons. The van der Waals surface area contributed by atoms with Gasteiger partial charge in [0.25, 0.3) is 0 Å². The van der Waals surface area contributed by atoms with Crippen molar-refractivity contribution in [2.45, 2.75) is 32.4 Å². The maximum Gasteiger partial charge on any atom is 0.320 e. The Morgan fingerprint density at radius 2 is 2.21 bits per heavy atom. The van der Waals surface area contributed by atoms with Crippen molar-refractivity contribution in [1.82, 2.24) is 9.80 Å². The summed E-state index contributed by atoms with van der Waals surface area (Å²) in [6.45, 7) is 5.55. The number of urea groups is 1. The third-order valence-corrected chi connectivity index (χ3v) is 3.71. The van der Waals surface area contributed by atoms with Gasteiger partial charge in [-0.05, 0) is 25.8 Å². The zero-order valence-corrected chi connectivity index (χ0v) is 12.0. The molecule has 19 heavy (non-hydrogen) atoms. The van der Waals surface area contributed by atoms with E-state index in [4.69, 9.17) is 5.73 Å². The van der Waals surface area contributed by atoms with Crippen molar-refractivity contribution >= 4 is 6.03 Å². The maximum atomic E-state index is 12.2. The normalized spacial score (nSPS) is 21.1. The van der Waals surface area contributed by atoms with Crippen molar-refractivity contribution in [3.05, 3.63) is 35.4 Å². The molecule has 1 aromatic rings. The van der Waals surface area contributed by atoms with Crippen molar-refractivity contribution in [2.24, 2.45) is 5.73 Å². The van der Waals surface area contributed by atoms with Crippen LogP contribution >= 0.6 is 0 Å². The minimum Gasteiger partial charge on any atom is -0.328 e. The second-order valence-corrected chi connectivity index (χ2v) is 5.54. The molecule has 104 valence electrons. The van der Waals surface area contributed by atoms with E-state index in [-0.39, 0.29) is 18.1 Å². The molecule has 1 fully saturated rings. The zero-order chi connectivity index (χ0) is 14.0. The lowest BCUT2D eigenvalue weighted by Gasteiger charge is -2.18. The molecule has 2 amide bonds. The highest BCUT2D eigenvalue weighted by Crippen LogP contribution is 2.28. The van der Waals surface area contributed by atoms with Crippen molar-refractivity contribution in [1.29, 1.82) is 0 Å². The van der Waals surface area contributed by atoms with E-state index in [1.807, 2.05) is 29.8 Å². The summed E-state index contributed by atoms with van der Waals surface area (Å²) in [6, 6.07) is 8.77. The molecule has 2 atom stereocenters. The van der Waals surface area contributed by atoms with Gasteiger partial charge in [0, 0.05) is 26.2 Å². The summed E-state index contributed by atoms with van der Waals surface area (Å²) in [5, 5.41) is 0. The molecule has 1 saturated heterocycles. The number of benzene rings is 1. The van der Waals surface area contributed by atoms with Gasteiger partial charge in [0.05, 0.1) is 6.04 Å². The Morgan fingerprint density at radius 3 is 2.84 bits per heavy atom. The van der Waals surface area contributed by atoms with Gasteiger partial charge < -0.3 is 15.5 Å². The lowest BCUT2D eigenvalue weighted by atomic mass is 10.0. The maximum absolute atomic E-state index is 12.2.